The number of nitrogens with one attached hydrogen (secondary N) is 2. The summed E-state index contributed by atoms with van der Waals surface area (Å²) in [5.74, 6) is -2.05. The van der Waals surface area contributed by atoms with Crippen molar-refractivity contribution in [2.75, 3.05) is 11.9 Å². The lowest BCUT2D eigenvalue weighted by molar-refractivity contribution is -0.167. The van der Waals surface area contributed by atoms with Crippen LogP contribution in [0.3, 0.4) is 0 Å². The summed E-state index contributed by atoms with van der Waals surface area (Å²) in [7, 11) is 0. The number of alkyl halides is 3. The lowest BCUT2D eigenvalue weighted by atomic mass is 10.1. The van der Waals surface area contributed by atoms with E-state index in [0.717, 1.165) is 10.8 Å². The molecular formula is C22H18F3N3O3. The third-order valence-corrected chi connectivity index (χ3v) is 4.23. The predicted octanol–water partition coefficient (Wildman–Crippen LogP) is 4.26. The molecule has 0 bridgehead atoms. The van der Waals surface area contributed by atoms with Crippen molar-refractivity contribution < 1.29 is 27.5 Å². The normalized spacial score (nSPS) is 11.8. The van der Waals surface area contributed by atoms with Crippen molar-refractivity contribution in [1.82, 2.24) is 5.43 Å². The molecule has 0 aliphatic carbocycles. The topological polar surface area (TPSA) is 79.8 Å². The van der Waals surface area contributed by atoms with E-state index in [2.05, 4.69) is 10.5 Å². The van der Waals surface area contributed by atoms with Gasteiger partial charge in [0, 0.05) is 5.69 Å². The fraction of sp³-hybridized carbons (Fsp3) is 0.136. The highest BCUT2D eigenvalue weighted by atomic mass is 19.4. The van der Waals surface area contributed by atoms with Gasteiger partial charge in [0.15, 0.2) is 6.61 Å². The Morgan fingerprint density at radius 1 is 0.968 bits per heavy atom. The van der Waals surface area contributed by atoms with Gasteiger partial charge in [-0.15, -0.1) is 0 Å². The van der Waals surface area contributed by atoms with Gasteiger partial charge in [0.1, 0.15) is 5.75 Å². The van der Waals surface area contributed by atoms with Crippen LogP contribution in [0.2, 0.25) is 0 Å². The first-order chi connectivity index (χ1) is 14.7. The number of nitrogens with zero attached hydrogens (tertiary/aromatic N) is 1. The van der Waals surface area contributed by atoms with E-state index < -0.39 is 18.0 Å². The lowest BCUT2D eigenvalue weighted by Gasteiger charge is -2.09. The van der Waals surface area contributed by atoms with Crippen LogP contribution in [-0.4, -0.2) is 30.3 Å². The first-order valence-electron chi connectivity index (χ1n) is 9.16. The number of rotatable bonds is 6. The number of halogens is 3. The third kappa shape index (κ3) is 6.05. The Morgan fingerprint density at radius 3 is 2.45 bits per heavy atom. The number of anilines is 1. The van der Waals surface area contributed by atoms with Crippen LogP contribution in [0.15, 0.2) is 71.8 Å². The molecule has 9 heteroatoms. The van der Waals surface area contributed by atoms with Crippen molar-refractivity contribution in [3.8, 4) is 5.75 Å². The minimum atomic E-state index is -4.99. The highest BCUT2D eigenvalue weighted by Crippen LogP contribution is 2.21. The molecule has 0 aliphatic rings. The van der Waals surface area contributed by atoms with E-state index >= 15 is 0 Å². The van der Waals surface area contributed by atoms with Crippen LogP contribution in [0.5, 0.6) is 5.75 Å². The van der Waals surface area contributed by atoms with Crippen molar-refractivity contribution in [2.45, 2.75) is 13.1 Å². The molecule has 0 spiro atoms. The first kappa shape index (κ1) is 21.8. The number of hydrogen-bond acceptors (Lipinski definition) is 4. The summed E-state index contributed by atoms with van der Waals surface area (Å²) >= 11 is 0. The molecule has 160 valence electrons. The molecule has 0 fully saturated rings. The molecule has 0 heterocycles. The summed E-state index contributed by atoms with van der Waals surface area (Å²) in [4.78, 5) is 23.1. The van der Waals surface area contributed by atoms with Crippen LogP contribution >= 0.6 is 0 Å². The van der Waals surface area contributed by atoms with Crippen molar-refractivity contribution >= 4 is 34.0 Å². The minimum Gasteiger partial charge on any atom is -0.484 e. The zero-order valence-corrected chi connectivity index (χ0v) is 16.4. The number of hydrazone groups is 1. The van der Waals surface area contributed by atoms with E-state index in [9.17, 15) is 22.8 Å². The van der Waals surface area contributed by atoms with E-state index in [1.165, 1.54) is 18.2 Å². The van der Waals surface area contributed by atoms with Crippen molar-refractivity contribution in [1.29, 1.82) is 0 Å². The molecule has 3 rings (SSSR count). The molecule has 3 aromatic rings. The zero-order chi connectivity index (χ0) is 22.4. The number of fused-ring (bicyclic) bond motifs is 1. The summed E-state index contributed by atoms with van der Waals surface area (Å²) in [5, 5.41) is 7.72. The molecule has 2 N–H and O–H groups in total. The smallest absolute Gasteiger partial charge is 0.471 e. The second kappa shape index (κ2) is 9.29. The molecule has 0 aromatic heterocycles. The van der Waals surface area contributed by atoms with E-state index in [1.807, 2.05) is 36.4 Å². The van der Waals surface area contributed by atoms with E-state index in [0.29, 0.717) is 17.0 Å². The third-order valence-electron chi connectivity index (χ3n) is 4.23. The fourth-order valence-corrected chi connectivity index (χ4v) is 2.67. The van der Waals surface area contributed by atoms with Crippen LogP contribution in [0.4, 0.5) is 18.9 Å². The standard InChI is InChI=1S/C22H18F3N3O3/c1-14(16-7-4-8-18(11-16)26-21(30)22(23,24)25)27-28-20(29)13-31-19-10-9-15-5-2-3-6-17(15)12-19/h2-12H,13H2,1H3,(H,26,30)(H,28,29). The molecule has 2 amide bonds. The molecule has 3 aromatic carbocycles. The molecule has 0 radical (unpaired) electrons. The maximum absolute atomic E-state index is 12.4. The van der Waals surface area contributed by atoms with Crippen LogP contribution in [0.1, 0.15) is 12.5 Å². The fourth-order valence-electron chi connectivity index (χ4n) is 2.67. The second-order valence-electron chi connectivity index (χ2n) is 6.56. The molecule has 0 aliphatic heterocycles. The van der Waals surface area contributed by atoms with Gasteiger partial charge < -0.3 is 10.1 Å². The average Bonchev–Trinajstić information content (AvgIpc) is 2.75. The van der Waals surface area contributed by atoms with Crippen molar-refractivity contribution in [2.24, 2.45) is 5.10 Å². The molecular weight excluding hydrogens is 411 g/mol. The molecule has 0 saturated carbocycles. The zero-order valence-electron chi connectivity index (χ0n) is 16.4. The number of ether oxygens (including phenoxy) is 1. The summed E-state index contributed by atoms with van der Waals surface area (Å²) in [6.07, 6.45) is -4.99. The second-order valence-corrected chi connectivity index (χ2v) is 6.56. The minimum absolute atomic E-state index is 0.0414. The molecule has 0 unspecified atom stereocenters. The number of hydrogen-bond donors (Lipinski definition) is 2. The number of amides is 2. The van der Waals surface area contributed by atoms with Gasteiger partial charge in [0.05, 0.1) is 5.71 Å². The SMILES string of the molecule is CC(=NNC(=O)COc1ccc2ccccc2c1)c1cccc(NC(=O)C(F)(F)F)c1. The van der Waals surface area contributed by atoms with E-state index in [1.54, 1.807) is 24.4 Å². The monoisotopic (exact) mass is 429 g/mol. The number of benzene rings is 3. The summed E-state index contributed by atoms with van der Waals surface area (Å²) in [5.41, 5.74) is 3.05. The van der Waals surface area contributed by atoms with Crippen molar-refractivity contribution in [3.63, 3.8) is 0 Å². The van der Waals surface area contributed by atoms with Gasteiger partial charge in [0.2, 0.25) is 0 Å². The predicted molar refractivity (Wildman–Crippen MR) is 111 cm³/mol. The maximum Gasteiger partial charge on any atom is 0.471 e. The van der Waals surface area contributed by atoms with Gasteiger partial charge in [-0.1, -0.05) is 42.5 Å². The van der Waals surface area contributed by atoms with Gasteiger partial charge in [0.25, 0.3) is 5.91 Å². The van der Waals surface area contributed by atoms with Crippen LogP contribution < -0.4 is 15.5 Å². The Labute approximate surface area is 175 Å². The van der Waals surface area contributed by atoms with Crippen LogP contribution in [-0.2, 0) is 9.59 Å². The molecule has 6 nitrogen and oxygen atoms in total. The largest absolute Gasteiger partial charge is 0.484 e. The Balaban J connectivity index is 1.57. The Morgan fingerprint density at radius 2 is 1.71 bits per heavy atom. The van der Waals surface area contributed by atoms with E-state index in [4.69, 9.17) is 4.74 Å². The molecule has 31 heavy (non-hydrogen) atoms. The number of carbonyl (C=O) groups excluding carboxylic acids is 2. The van der Waals surface area contributed by atoms with Gasteiger partial charge >= 0.3 is 12.1 Å². The lowest BCUT2D eigenvalue weighted by Crippen LogP contribution is -2.30. The van der Waals surface area contributed by atoms with Crippen LogP contribution in [0, 0.1) is 0 Å². The van der Waals surface area contributed by atoms with Gasteiger partial charge in [-0.25, -0.2) is 5.43 Å². The number of carbonyl (C=O) groups is 2. The van der Waals surface area contributed by atoms with Gasteiger partial charge in [-0.2, -0.15) is 18.3 Å². The summed E-state index contributed by atoms with van der Waals surface area (Å²) in [6.45, 7) is 1.30. The van der Waals surface area contributed by atoms with Gasteiger partial charge in [-0.3, -0.25) is 9.59 Å². The molecule has 0 atom stereocenters. The average molecular weight is 429 g/mol. The quantitative estimate of drug-likeness (QED) is 0.454. The maximum atomic E-state index is 12.4. The highest BCUT2D eigenvalue weighted by molar-refractivity contribution is 6.01. The molecule has 0 saturated heterocycles. The highest BCUT2D eigenvalue weighted by Gasteiger charge is 2.38. The Bertz CT molecular complexity index is 1140. The first-order valence-corrected chi connectivity index (χ1v) is 9.16. The van der Waals surface area contributed by atoms with Crippen LogP contribution in [0.25, 0.3) is 10.8 Å². The van der Waals surface area contributed by atoms with Crippen molar-refractivity contribution in [3.05, 3.63) is 72.3 Å². The van der Waals surface area contributed by atoms with Gasteiger partial charge in [-0.05, 0) is 47.5 Å². The summed E-state index contributed by atoms with van der Waals surface area (Å²) < 4.78 is 42.6. The summed E-state index contributed by atoms with van der Waals surface area (Å²) in [6, 6.07) is 18.9. The Hall–Kier alpha value is -3.88. The van der Waals surface area contributed by atoms with E-state index in [-0.39, 0.29) is 12.3 Å². The Kier molecular flexibility index (Phi) is 6.54.